The monoisotopic (exact) mass is 480 g/mol. The molecule has 0 aliphatic heterocycles. The number of aryl methyl sites for hydroxylation is 1. The van der Waals surface area contributed by atoms with E-state index in [4.69, 9.17) is 4.98 Å². The van der Waals surface area contributed by atoms with Crippen molar-refractivity contribution in [1.82, 2.24) is 19.7 Å². The fourth-order valence-corrected chi connectivity index (χ4v) is 7.56. The van der Waals surface area contributed by atoms with Gasteiger partial charge in [-0.25, -0.2) is 4.98 Å². The molecule has 0 amide bonds. The topological polar surface area (TPSA) is 43.6 Å². The molecule has 32 heavy (non-hydrogen) atoms. The maximum Gasteiger partial charge on any atom is 0.192 e. The summed E-state index contributed by atoms with van der Waals surface area (Å²) in [4.78, 5) is 6.43. The number of rotatable bonds is 6. The maximum atomic E-state index is 4.89. The smallest absolute Gasteiger partial charge is 0.192 e. The van der Waals surface area contributed by atoms with Crippen LogP contribution in [0.5, 0.6) is 0 Å². The van der Waals surface area contributed by atoms with Crippen LogP contribution in [0.15, 0.2) is 40.2 Å². The SMILES string of the molecule is Cc1ccccc1-c1nc(CSc2nnc(-c3csc4c3CCC(C)C4)n2C(C)C)cs1. The molecule has 1 aromatic carbocycles. The lowest BCUT2D eigenvalue weighted by Gasteiger charge is -2.19. The number of thioether (sulfide) groups is 1. The van der Waals surface area contributed by atoms with Crippen LogP contribution in [-0.2, 0) is 18.6 Å². The number of fused-ring (bicyclic) bond motifs is 1. The van der Waals surface area contributed by atoms with Gasteiger partial charge in [0.05, 0.1) is 5.69 Å². The molecule has 1 aliphatic carbocycles. The van der Waals surface area contributed by atoms with Crippen molar-refractivity contribution in [3.63, 3.8) is 0 Å². The van der Waals surface area contributed by atoms with Gasteiger partial charge >= 0.3 is 0 Å². The zero-order valence-corrected chi connectivity index (χ0v) is 21.4. The summed E-state index contributed by atoms with van der Waals surface area (Å²) >= 11 is 5.35. The third-order valence-corrected chi connectivity index (χ3v) is 9.05. The standard InChI is InChI=1S/C25H28N4S3/c1-15(2)29-23(21-14-30-22-11-16(3)9-10-20(21)22)27-28-25(29)32-13-18-12-31-24(26-18)19-8-6-5-7-17(19)4/h5-8,12,14-16H,9-11,13H2,1-4H3. The number of benzene rings is 1. The first-order chi connectivity index (χ1) is 15.5. The molecular formula is C25H28N4S3. The average Bonchev–Trinajstić information content (AvgIpc) is 3.50. The van der Waals surface area contributed by atoms with Crippen molar-refractivity contribution < 1.29 is 0 Å². The Morgan fingerprint density at radius 3 is 2.78 bits per heavy atom. The average molecular weight is 481 g/mol. The number of hydrogen-bond donors (Lipinski definition) is 0. The summed E-state index contributed by atoms with van der Waals surface area (Å²) in [5, 5.41) is 15.8. The maximum absolute atomic E-state index is 4.89. The van der Waals surface area contributed by atoms with Crippen molar-refractivity contribution in [1.29, 1.82) is 0 Å². The van der Waals surface area contributed by atoms with Crippen molar-refractivity contribution in [3.05, 3.63) is 56.7 Å². The van der Waals surface area contributed by atoms with E-state index in [9.17, 15) is 0 Å². The molecule has 3 heterocycles. The van der Waals surface area contributed by atoms with Crippen LogP contribution in [0.2, 0.25) is 0 Å². The molecule has 0 fully saturated rings. The summed E-state index contributed by atoms with van der Waals surface area (Å²) in [5.74, 6) is 2.60. The molecule has 0 spiro atoms. The highest BCUT2D eigenvalue weighted by Gasteiger charge is 2.25. The highest BCUT2D eigenvalue weighted by molar-refractivity contribution is 7.98. The minimum atomic E-state index is 0.304. The van der Waals surface area contributed by atoms with Crippen LogP contribution in [0.1, 0.15) is 54.9 Å². The molecule has 1 atom stereocenters. The Labute approximate surface area is 202 Å². The van der Waals surface area contributed by atoms with E-state index in [0.29, 0.717) is 6.04 Å². The molecule has 0 N–H and O–H groups in total. The largest absolute Gasteiger partial charge is 0.299 e. The van der Waals surface area contributed by atoms with E-state index in [-0.39, 0.29) is 0 Å². The van der Waals surface area contributed by atoms with Gasteiger partial charge in [0.15, 0.2) is 11.0 Å². The fraction of sp³-hybridized carbons (Fsp3) is 0.400. The van der Waals surface area contributed by atoms with Gasteiger partial charge in [-0.1, -0.05) is 43.0 Å². The first kappa shape index (κ1) is 21.9. The van der Waals surface area contributed by atoms with E-state index >= 15 is 0 Å². The minimum absolute atomic E-state index is 0.304. The third kappa shape index (κ3) is 4.18. The van der Waals surface area contributed by atoms with Gasteiger partial charge in [-0.05, 0) is 57.1 Å². The summed E-state index contributed by atoms with van der Waals surface area (Å²) in [7, 11) is 0. The van der Waals surface area contributed by atoms with Gasteiger partial charge in [0.25, 0.3) is 0 Å². The Bertz CT molecular complexity index is 1230. The van der Waals surface area contributed by atoms with Crippen LogP contribution in [0.25, 0.3) is 22.0 Å². The molecular weight excluding hydrogens is 453 g/mol. The number of hydrogen-bond acceptors (Lipinski definition) is 6. The van der Waals surface area contributed by atoms with Crippen LogP contribution in [-0.4, -0.2) is 19.7 Å². The minimum Gasteiger partial charge on any atom is -0.299 e. The van der Waals surface area contributed by atoms with Crippen molar-refractivity contribution >= 4 is 34.4 Å². The second-order valence-electron chi connectivity index (χ2n) is 8.92. The Hall–Kier alpha value is -1.96. The third-order valence-electron chi connectivity index (χ3n) is 6.10. The van der Waals surface area contributed by atoms with Crippen LogP contribution in [0.3, 0.4) is 0 Å². The van der Waals surface area contributed by atoms with Gasteiger partial charge in [0, 0.05) is 38.6 Å². The normalized spacial score (nSPS) is 16.0. The Morgan fingerprint density at radius 1 is 1.12 bits per heavy atom. The lowest BCUT2D eigenvalue weighted by atomic mass is 9.88. The zero-order valence-electron chi connectivity index (χ0n) is 19.0. The Balaban J connectivity index is 1.38. The molecule has 0 radical (unpaired) electrons. The van der Waals surface area contributed by atoms with E-state index in [1.165, 1.54) is 40.0 Å². The molecule has 4 nitrogen and oxygen atoms in total. The number of aromatic nitrogens is 4. The molecule has 1 unspecified atom stereocenters. The molecule has 166 valence electrons. The highest BCUT2D eigenvalue weighted by Crippen LogP contribution is 2.39. The quantitative estimate of drug-likeness (QED) is 0.269. The molecule has 3 aromatic heterocycles. The summed E-state index contributed by atoms with van der Waals surface area (Å²) in [6.07, 6.45) is 3.62. The van der Waals surface area contributed by atoms with Gasteiger partial charge in [0.1, 0.15) is 5.01 Å². The zero-order chi connectivity index (χ0) is 22.2. The number of nitrogens with zero attached hydrogens (tertiary/aromatic N) is 4. The van der Waals surface area contributed by atoms with Gasteiger partial charge in [-0.2, -0.15) is 0 Å². The van der Waals surface area contributed by atoms with E-state index < -0.39 is 0 Å². The second kappa shape index (κ2) is 9.12. The van der Waals surface area contributed by atoms with E-state index in [1.807, 2.05) is 11.3 Å². The predicted octanol–water partition coefficient (Wildman–Crippen LogP) is 7.44. The van der Waals surface area contributed by atoms with E-state index in [2.05, 4.69) is 77.5 Å². The lowest BCUT2D eigenvalue weighted by molar-refractivity contribution is 0.507. The van der Waals surface area contributed by atoms with Crippen LogP contribution in [0.4, 0.5) is 0 Å². The number of thiophene rings is 1. The van der Waals surface area contributed by atoms with Crippen molar-refractivity contribution in [3.8, 4) is 22.0 Å². The van der Waals surface area contributed by atoms with Gasteiger partial charge in [0.2, 0.25) is 0 Å². The number of thiazole rings is 1. The van der Waals surface area contributed by atoms with Crippen molar-refractivity contribution in [2.45, 2.75) is 63.9 Å². The Kier molecular flexibility index (Phi) is 6.23. The molecule has 0 saturated heterocycles. The van der Waals surface area contributed by atoms with Gasteiger partial charge in [-0.3, -0.25) is 4.57 Å². The van der Waals surface area contributed by atoms with Crippen molar-refractivity contribution in [2.75, 3.05) is 0 Å². The van der Waals surface area contributed by atoms with Crippen LogP contribution < -0.4 is 0 Å². The molecule has 4 aromatic rings. The van der Waals surface area contributed by atoms with Crippen molar-refractivity contribution in [2.24, 2.45) is 5.92 Å². The Morgan fingerprint density at radius 2 is 1.97 bits per heavy atom. The molecule has 7 heteroatoms. The summed E-state index contributed by atoms with van der Waals surface area (Å²) in [6.45, 7) is 8.94. The molecule has 0 bridgehead atoms. The molecule has 1 aliphatic rings. The fourth-order valence-electron chi connectivity index (χ4n) is 4.34. The van der Waals surface area contributed by atoms with Gasteiger partial charge in [-0.15, -0.1) is 32.9 Å². The molecule has 5 rings (SSSR count). The lowest BCUT2D eigenvalue weighted by Crippen LogP contribution is -2.10. The van der Waals surface area contributed by atoms with E-state index in [1.54, 1.807) is 23.1 Å². The summed E-state index contributed by atoms with van der Waals surface area (Å²) in [6, 6.07) is 8.74. The summed E-state index contributed by atoms with van der Waals surface area (Å²) in [5.41, 5.74) is 6.37. The van der Waals surface area contributed by atoms with Crippen LogP contribution in [0, 0.1) is 12.8 Å². The molecule has 0 saturated carbocycles. The second-order valence-corrected chi connectivity index (χ2v) is 11.7. The highest BCUT2D eigenvalue weighted by atomic mass is 32.2. The summed E-state index contributed by atoms with van der Waals surface area (Å²) < 4.78 is 2.31. The first-order valence-corrected chi connectivity index (χ1v) is 13.9. The van der Waals surface area contributed by atoms with E-state index in [0.717, 1.165) is 39.8 Å². The van der Waals surface area contributed by atoms with Crippen LogP contribution >= 0.6 is 34.4 Å². The first-order valence-electron chi connectivity index (χ1n) is 11.2. The predicted molar refractivity (Wildman–Crippen MR) is 137 cm³/mol. The van der Waals surface area contributed by atoms with Gasteiger partial charge < -0.3 is 0 Å².